The van der Waals surface area contributed by atoms with E-state index in [-0.39, 0.29) is 29.5 Å². The molecule has 8 nitrogen and oxygen atoms in total. The van der Waals surface area contributed by atoms with Crippen LogP contribution in [0.5, 0.6) is 0 Å². The molecule has 0 atom stereocenters. The average molecular weight is 431 g/mol. The minimum Gasteiger partial charge on any atom is -0.326 e. The second-order valence-electron chi connectivity index (χ2n) is 6.89. The summed E-state index contributed by atoms with van der Waals surface area (Å²) in [5.74, 6) is -0.255. The van der Waals surface area contributed by atoms with Gasteiger partial charge in [-0.1, -0.05) is 26.0 Å². The molecule has 0 aliphatic rings. The maximum Gasteiger partial charge on any atom is 0.328 e. The first kappa shape index (κ1) is 21.8. The molecule has 1 N–H and O–H groups in total. The lowest BCUT2D eigenvalue weighted by molar-refractivity contribution is -0.116. The number of carbonyl (C=O) groups excluding carboxylic acids is 1. The number of carbonyl (C=O) groups is 1. The Labute approximate surface area is 175 Å². The number of benzene rings is 2. The summed E-state index contributed by atoms with van der Waals surface area (Å²) in [7, 11) is -1.83. The Balaban J connectivity index is 1.68. The van der Waals surface area contributed by atoms with Crippen molar-refractivity contribution in [2.75, 3.05) is 18.4 Å². The highest BCUT2D eigenvalue weighted by Gasteiger charge is 2.21. The molecule has 1 heterocycles. The highest BCUT2D eigenvalue weighted by Crippen LogP contribution is 2.18. The summed E-state index contributed by atoms with van der Waals surface area (Å²) in [6.07, 6.45) is 0.118. The van der Waals surface area contributed by atoms with Crippen LogP contribution in [0.1, 0.15) is 20.3 Å². The van der Waals surface area contributed by atoms with Crippen LogP contribution in [0.2, 0.25) is 0 Å². The fourth-order valence-electron chi connectivity index (χ4n) is 3.44. The molecule has 0 aliphatic carbocycles. The van der Waals surface area contributed by atoms with E-state index in [0.717, 1.165) is 11.0 Å². The molecule has 0 radical (unpaired) electrons. The van der Waals surface area contributed by atoms with Crippen molar-refractivity contribution in [1.29, 1.82) is 0 Å². The van der Waals surface area contributed by atoms with Crippen LogP contribution in [-0.2, 0) is 28.4 Å². The zero-order valence-corrected chi connectivity index (χ0v) is 18.1. The molecular formula is C21H26N4O4S. The molecular weight excluding hydrogens is 404 g/mol. The number of rotatable bonds is 8. The average Bonchev–Trinajstić information content (AvgIpc) is 2.98. The molecule has 2 aromatic carbocycles. The number of sulfonamides is 1. The number of nitrogens with zero attached hydrogens (tertiary/aromatic N) is 3. The van der Waals surface area contributed by atoms with Crippen molar-refractivity contribution in [3.8, 4) is 0 Å². The third-order valence-electron chi connectivity index (χ3n) is 5.10. The molecule has 0 saturated heterocycles. The third kappa shape index (κ3) is 4.17. The van der Waals surface area contributed by atoms with Gasteiger partial charge in [0.05, 0.1) is 15.9 Å². The van der Waals surface area contributed by atoms with E-state index < -0.39 is 10.0 Å². The molecule has 9 heteroatoms. The minimum absolute atomic E-state index is 0.118. The Kier molecular flexibility index (Phi) is 6.42. The van der Waals surface area contributed by atoms with Gasteiger partial charge in [0, 0.05) is 38.8 Å². The maximum atomic E-state index is 12.5. The Hall–Kier alpha value is -2.91. The molecule has 1 aromatic heterocycles. The van der Waals surface area contributed by atoms with Crippen molar-refractivity contribution in [3.63, 3.8) is 0 Å². The highest BCUT2D eigenvalue weighted by atomic mass is 32.2. The molecule has 3 aromatic rings. The smallest absolute Gasteiger partial charge is 0.326 e. The Morgan fingerprint density at radius 3 is 2.20 bits per heavy atom. The first-order valence-electron chi connectivity index (χ1n) is 9.84. The molecule has 30 heavy (non-hydrogen) atoms. The van der Waals surface area contributed by atoms with Crippen molar-refractivity contribution >= 4 is 32.7 Å². The topological polar surface area (TPSA) is 93.4 Å². The summed E-state index contributed by atoms with van der Waals surface area (Å²) in [6, 6.07) is 13.5. The predicted octanol–water partition coefficient (Wildman–Crippen LogP) is 2.40. The normalized spacial score (nSPS) is 11.9. The number of fused-ring (bicyclic) bond motifs is 1. The molecule has 0 unspecified atom stereocenters. The molecule has 160 valence electrons. The lowest BCUT2D eigenvalue weighted by Crippen LogP contribution is -2.30. The molecule has 0 spiro atoms. The van der Waals surface area contributed by atoms with E-state index in [1.165, 1.54) is 16.4 Å². The zero-order chi connectivity index (χ0) is 21.9. The minimum atomic E-state index is -3.54. The van der Waals surface area contributed by atoms with Gasteiger partial charge in [-0.3, -0.25) is 13.9 Å². The quantitative estimate of drug-likeness (QED) is 0.594. The van der Waals surface area contributed by atoms with E-state index in [0.29, 0.717) is 18.8 Å². The van der Waals surface area contributed by atoms with E-state index in [1.807, 2.05) is 24.3 Å². The van der Waals surface area contributed by atoms with Gasteiger partial charge in [-0.2, -0.15) is 4.31 Å². The van der Waals surface area contributed by atoms with Crippen LogP contribution >= 0.6 is 0 Å². The number of amides is 1. The molecule has 0 fully saturated rings. The second-order valence-corrected chi connectivity index (χ2v) is 8.83. The largest absolute Gasteiger partial charge is 0.328 e. The molecule has 0 bridgehead atoms. The maximum absolute atomic E-state index is 12.5. The first-order valence-corrected chi connectivity index (χ1v) is 11.3. The van der Waals surface area contributed by atoms with Crippen molar-refractivity contribution in [3.05, 3.63) is 59.0 Å². The summed E-state index contributed by atoms with van der Waals surface area (Å²) in [5, 5.41) is 2.75. The van der Waals surface area contributed by atoms with Gasteiger partial charge in [0.25, 0.3) is 0 Å². The van der Waals surface area contributed by atoms with E-state index in [1.54, 1.807) is 42.2 Å². The fourth-order valence-corrected chi connectivity index (χ4v) is 4.90. The van der Waals surface area contributed by atoms with Crippen LogP contribution in [0.15, 0.2) is 58.2 Å². The number of nitrogens with one attached hydrogen (secondary N) is 1. The molecule has 0 saturated carbocycles. The molecule has 3 rings (SSSR count). The summed E-state index contributed by atoms with van der Waals surface area (Å²) in [6.45, 7) is 4.62. The standard InChI is InChI=1S/C21H26N4O4S/c1-4-24(5-2)30(28,29)17-12-10-16(11-13-17)22-20(26)14-15-25-19-9-7-6-8-18(19)23(3)21(25)27/h6-13H,4-5,14-15H2,1-3H3,(H,22,26). The summed E-state index contributed by atoms with van der Waals surface area (Å²) < 4.78 is 29.6. The number of hydrogen-bond acceptors (Lipinski definition) is 4. The fraction of sp³-hybridized carbons (Fsp3) is 0.333. The summed E-state index contributed by atoms with van der Waals surface area (Å²) in [4.78, 5) is 25.0. The van der Waals surface area contributed by atoms with Crippen LogP contribution in [0, 0.1) is 0 Å². The van der Waals surface area contributed by atoms with Crippen LogP contribution in [0.4, 0.5) is 5.69 Å². The van der Waals surface area contributed by atoms with Gasteiger partial charge < -0.3 is 5.32 Å². The SMILES string of the molecule is CCN(CC)S(=O)(=O)c1ccc(NC(=O)CCn2c(=O)n(C)c3ccccc32)cc1. The second kappa shape index (κ2) is 8.85. The Morgan fingerprint density at radius 1 is 1.00 bits per heavy atom. The zero-order valence-electron chi connectivity index (χ0n) is 17.3. The van der Waals surface area contributed by atoms with E-state index in [2.05, 4.69) is 5.32 Å². The van der Waals surface area contributed by atoms with Crippen LogP contribution in [0.3, 0.4) is 0 Å². The number of hydrogen-bond donors (Lipinski definition) is 1. The van der Waals surface area contributed by atoms with Crippen molar-refractivity contribution in [2.45, 2.75) is 31.7 Å². The number of imidazole rings is 1. The Morgan fingerprint density at radius 2 is 1.60 bits per heavy atom. The summed E-state index contributed by atoms with van der Waals surface area (Å²) >= 11 is 0. The first-order chi connectivity index (χ1) is 14.3. The van der Waals surface area contributed by atoms with E-state index >= 15 is 0 Å². The highest BCUT2D eigenvalue weighted by molar-refractivity contribution is 7.89. The van der Waals surface area contributed by atoms with E-state index in [9.17, 15) is 18.0 Å². The van der Waals surface area contributed by atoms with Crippen molar-refractivity contribution in [2.24, 2.45) is 7.05 Å². The van der Waals surface area contributed by atoms with Gasteiger partial charge >= 0.3 is 5.69 Å². The lowest BCUT2D eigenvalue weighted by atomic mass is 10.3. The lowest BCUT2D eigenvalue weighted by Gasteiger charge is -2.18. The van der Waals surface area contributed by atoms with Crippen LogP contribution in [-0.4, -0.2) is 40.9 Å². The van der Waals surface area contributed by atoms with Gasteiger partial charge in [0.1, 0.15) is 0 Å². The number of aromatic nitrogens is 2. The van der Waals surface area contributed by atoms with Gasteiger partial charge in [-0.25, -0.2) is 13.2 Å². The number of anilines is 1. The van der Waals surface area contributed by atoms with Gasteiger partial charge in [-0.15, -0.1) is 0 Å². The van der Waals surface area contributed by atoms with Gasteiger partial charge in [0.2, 0.25) is 15.9 Å². The number of aryl methyl sites for hydroxylation is 2. The van der Waals surface area contributed by atoms with Crippen molar-refractivity contribution in [1.82, 2.24) is 13.4 Å². The van der Waals surface area contributed by atoms with Gasteiger partial charge in [-0.05, 0) is 36.4 Å². The number of para-hydroxylation sites is 2. The third-order valence-corrected chi connectivity index (χ3v) is 7.16. The van der Waals surface area contributed by atoms with Crippen LogP contribution in [0.25, 0.3) is 11.0 Å². The predicted molar refractivity (Wildman–Crippen MR) is 117 cm³/mol. The van der Waals surface area contributed by atoms with Crippen LogP contribution < -0.4 is 11.0 Å². The summed E-state index contributed by atoms with van der Waals surface area (Å²) in [5.41, 5.74) is 1.93. The Bertz CT molecular complexity index is 1210. The van der Waals surface area contributed by atoms with Crippen molar-refractivity contribution < 1.29 is 13.2 Å². The molecule has 1 amide bonds. The monoisotopic (exact) mass is 430 g/mol. The van der Waals surface area contributed by atoms with E-state index in [4.69, 9.17) is 0 Å². The van der Waals surface area contributed by atoms with Gasteiger partial charge in [0.15, 0.2) is 0 Å². The molecule has 0 aliphatic heterocycles.